The van der Waals surface area contributed by atoms with E-state index in [0.29, 0.717) is 5.89 Å². The van der Waals surface area contributed by atoms with Crippen LogP contribution in [0.5, 0.6) is 0 Å². The average molecular weight is 314 g/mol. The van der Waals surface area contributed by atoms with Crippen molar-refractivity contribution in [1.82, 2.24) is 20.0 Å². The second-order valence-electron chi connectivity index (χ2n) is 4.28. The number of hydrogen-bond acceptors (Lipinski definition) is 5. The number of halogens is 3. The molecule has 21 heavy (non-hydrogen) atoms. The molecule has 0 aliphatic rings. The van der Waals surface area contributed by atoms with Crippen LogP contribution < -0.4 is 0 Å². The van der Waals surface area contributed by atoms with E-state index in [1.807, 2.05) is 17.5 Å². The molecule has 3 aromatic heterocycles. The van der Waals surface area contributed by atoms with E-state index in [4.69, 9.17) is 4.42 Å². The predicted molar refractivity (Wildman–Crippen MR) is 68.7 cm³/mol. The lowest BCUT2D eigenvalue weighted by molar-refractivity contribution is -0.141. The van der Waals surface area contributed by atoms with Gasteiger partial charge in [0.1, 0.15) is 6.04 Å². The summed E-state index contributed by atoms with van der Waals surface area (Å²) < 4.78 is 44.2. The number of rotatable bonds is 3. The van der Waals surface area contributed by atoms with E-state index < -0.39 is 17.9 Å². The lowest BCUT2D eigenvalue weighted by Gasteiger charge is -2.07. The first-order valence-corrected chi connectivity index (χ1v) is 6.83. The van der Waals surface area contributed by atoms with Crippen molar-refractivity contribution in [3.63, 3.8) is 0 Å². The van der Waals surface area contributed by atoms with Gasteiger partial charge in [-0.2, -0.15) is 18.3 Å². The summed E-state index contributed by atoms with van der Waals surface area (Å²) in [5.74, 6) is 0.547. The van der Waals surface area contributed by atoms with Crippen molar-refractivity contribution in [1.29, 1.82) is 0 Å². The van der Waals surface area contributed by atoms with Crippen molar-refractivity contribution >= 4 is 11.3 Å². The number of alkyl halides is 3. The van der Waals surface area contributed by atoms with Crippen LogP contribution in [0.15, 0.2) is 34.2 Å². The molecule has 0 spiro atoms. The first-order chi connectivity index (χ1) is 9.95. The normalized spacial score (nSPS) is 13.5. The van der Waals surface area contributed by atoms with Crippen LogP contribution in [0.1, 0.15) is 24.6 Å². The lowest BCUT2D eigenvalue weighted by Crippen LogP contribution is -2.11. The molecule has 110 valence electrons. The monoisotopic (exact) mass is 314 g/mol. The Labute approximate surface area is 121 Å². The third-order valence-electron chi connectivity index (χ3n) is 2.83. The first kappa shape index (κ1) is 13.8. The number of thiophene rings is 1. The molecule has 1 unspecified atom stereocenters. The highest BCUT2D eigenvalue weighted by atomic mass is 32.1. The zero-order chi connectivity index (χ0) is 15.0. The topological polar surface area (TPSA) is 56.7 Å². The van der Waals surface area contributed by atoms with Crippen LogP contribution in [0.25, 0.3) is 10.8 Å². The van der Waals surface area contributed by atoms with Gasteiger partial charge in [0.05, 0.1) is 4.88 Å². The molecule has 0 saturated heterocycles. The fourth-order valence-corrected chi connectivity index (χ4v) is 2.37. The lowest BCUT2D eigenvalue weighted by atomic mass is 10.3. The third kappa shape index (κ3) is 2.68. The molecule has 3 rings (SSSR count). The quantitative estimate of drug-likeness (QED) is 0.741. The largest absolute Gasteiger partial charge is 0.435 e. The van der Waals surface area contributed by atoms with Crippen LogP contribution in [-0.2, 0) is 6.18 Å². The molecular formula is C12H9F3N4OS. The Morgan fingerprint density at radius 3 is 2.71 bits per heavy atom. The van der Waals surface area contributed by atoms with Gasteiger partial charge in [0.2, 0.25) is 5.89 Å². The van der Waals surface area contributed by atoms with Gasteiger partial charge in [-0.3, -0.25) is 4.68 Å². The standard InChI is InChI=1S/C12H9F3N4OS/c1-7(19-5-4-9(18-19)12(13,14)15)10-16-17-11(20-10)8-3-2-6-21-8/h2-7H,1H3. The maximum absolute atomic E-state index is 12.5. The molecule has 0 amide bonds. The maximum atomic E-state index is 12.5. The van der Waals surface area contributed by atoms with Crippen molar-refractivity contribution in [2.45, 2.75) is 19.1 Å². The zero-order valence-electron chi connectivity index (χ0n) is 10.7. The molecule has 0 N–H and O–H groups in total. The summed E-state index contributed by atoms with van der Waals surface area (Å²) in [6.45, 7) is 1.64. The van der Waals surface area contributed by atoms with Crippen LogP contribution >= 0.6 is 11.3 Å². The summed E-state index contributed by atoms with van der Waals surface area (Å²) in [4.78, 5) is 0.803. The van der Waals surface area contributed by atoms with Gasteiger partial charge in [0.15, 0.2) is 5.69 Å². The Morgan fingerprint density at radius 2 is 2.10 bits per heavy atom. The first-order valence-electron chi connectivity index (χ1n) is 5.95. The maximum Gasteiger partial charge on any atom is 0.435 e. The minimum Gasteiger partial charge on any atom is -0.418 e. The van der Waals surface area contributed by atoms with E-state index in [9.17, 15) is 13.2 Å². The van der Waals surface area contributed by atoms with E-state index in [1.165, 1.54) is 17.5 Å². The molecule has 0 aliphatic carbocycles. The summed E-state index contributed by atoms with van der Waals surface area (Å²) in [5, 5.41) is 13.1. The average Bonchev–Trinajstić information content (AvgIpc) is 3.17. The highest BCUT2D eigenvalue weighted by Crippen LogP contribution is 2.29. The fraction of sp³-hybridized carbons (Fsp3) is 0.250. The highest BCUT2D eigenvalue weighted by Gasteiger charge is 2.34. The summed E-state index contributed by atoms with van der Waals surface area (Å²) in [6, 6.07) is 3.99. The highest BCUT2D eigenvalue weighted by molar-refractivity contribution is 7.13. The summed E-state index contributed by atoms with van der Waals surface area (Å²) in [7, 11) is 0. The van der Waals surface area contributed by atoms with E-state index in [2.05, 4.69) is 15.3 Å². The molecule has 0 bridgehead atoms. The van der Waals surface area contributed by atoms with Crippen molar-refractivity contribution < 1.29 is 17.6 Å². The van der Waals surface area contributed by atoms with Gasteiger partial charge in [0, 0.05) is 6.20 Å². The summed E-state index contributed by atoms with van der Waals surface area (Å²) in [5.41, 5.74) is -0.952. The smallest absolute Gasteiger partial charge is 0.418 e. The van der Waals surface area contributed by atoms with Gasteiger partial charge in [-0.15, -0.1) is 21.5 Å². The zero-order valence-corrected chi connectivity index (χ0v) is 11.5. The van der Waals surface area contributed by atoms with Crippen molar-refractivity contribution in [2.24, 2.45) is 0 Å². The van der Waals surface area contributed by atoms with E-state index in [1.54, 1.807) is 6.92 Å². The van der Waals surface area contributed by atoms with Gasteiger partial charge < -0.3 is 4.42 Å². The van der Waals surface area contributed by atoms with Crippen molar-refractivity contribution in [3.8, 4) is 10.8 Å². The second kappa shape index (κ2) is 4.99. The third-order valence-corrected chi connectivity index (χ3v) is 3.68. The summed E-state index contributed by atoms with van der Waals surface area (Å²) in [6.07, 6.45) is -3.23. The van der Waals surface area contributed by atoms with E-state index in [0.717, 1.165) is 15.6 Å². The Hall–Kier alpha value is -2.16. The Balaban J connectivity index is 1.85. The predicted octanol–water partition coefficient (Wildman–Crippen LogP) is 3.62. The van der Waals surface area contributed by atoms with Crippen LogP contribution in [0.3, 0.4) is 0 Å². The van der Waals surface area contributed by atoms with Crippen LogP contribution in [0, 0.1) is 0 Å². The molecule has 0 aromatic carbocycles. The van der Waals surface area contributed by atoms with Gasteiger partial charge in [-0.25, -0.2) is 0 Å². The minimum atomic E-state index is -4.47. The minimum absolute atomic E-state index is 0.204. The fourth-order valence-electron chi connectivity index (χ4n) is 1.72. The van der Waals surface area contributed by atoms with Gasteiger partial charge in [0.25, 0.3) is 5.89 Å². The molecule has 0 aliphatic heterocycles. The molecule has 0 radical (unpaired) electrons. The van der Waals surface area contributed by atoms with Crippen LogP contribution in [0.2, 0.25) is 0 Å². The number of nitrogens with zero attached hydrogens (tertiary/aromatic N) is 4. The number of aromatic nitrogens is 4. The van der Waals surface area contributed by atoms with E-state index >= 15 is 0 Å². The van der Waals surface area contributed by atoms with Gasteiger partial charge in [-0.05, 0) is 24.4 Å². The Bertz CT molecular complexity index is 732. The van der Waals surface area contributed by atoms with Gasteiger partial charge >= 0.3 is 6.18 Å². The molecule has 0 fully saturated rings. The molecule has 1 atom stereocenters. The van der Waals surface area contributed by atoms with Crippen molar-refractivity contribution in [3.05, 3.63) is 41.4 Å². The second-order valence-corrected chi connectivity index (χ2v) is 5.23. The van der Waals surface area contributed by atoms with Crippen LogP contribution in [-0.4, -0.2) is 20.0 Å². The Kier molecular flexibility index (Phi) is 3.28. The Morgan fingerprint density at radius 1 is 1.29 bits per heavy atom. The summed E-state index contributed by atoms with van der Waals surface area (Å²) >= 11 is 1.44. The molecular weight excluding hydrogens is 305 g/mol. The SMILES string of the molecule is CC(c1nnc(-c2cccs2)o1)n1ccc(C(F)(F)F)n1. The van der Waals surface area contributed by atoms with Crippen LogP contribution in [0.4, 0.5) is 13.2 Å². The molecule has 0 saturated carbocycles. The molecule has 3 heterocycles. The number of hydrogen-bond donors (Lipinski definition) is 0. The van der Waals surface area contributed by atoms with Crippen molar-refractivity contribution in [2.75, 3.05) is 0 Å². The molecule has 5 nitrogen and oxygen atoms in total. The van der Waals surface area contributed by atoms with E-state index in [-0.39, 0.29) is 5.89 Å². The molecule has 3 aromatic rings. The molecule has 9 heteroatoms. The van der Waals surface area contributed by atoms with Gasteiger partial charge in [-0.1, -0.05) is 6.07 Å².